The maximum absolute atomic E-state index is 11.3. The van der Waals surface area contributed by atoms with E-state index in [2.05, 4.69) is 49.1 Å². The predicted octanol–water partition coefficient (Wildman–Crippen LogP) is 9.08. The van der Waals surface area contributed by atoms with E-state index in [0.717, 1.165) is 46.9 Å². The van der Waals surface area contributed by atoms with Crippen LogP contribution in [0.2, 0.25) is 0 Å². The molecule has 0 radical (unpaired) electrons. The molecule has 7 nitrogen and oxygen atoms in total. The fourth-order valence-corrected chi connectivity index (χ4v) is 5.35. The van der Waals surface area contributed by atoms with Crippen LogP contribution in [0.5, 0.6) is 5.75 Å². The zero-order valence-electron chi connectivity index (χ0n) is 25.9. The smallest absolute Gasteiger partial charge is 0.335 e. The van der Waals surface area contributed by atoms with Crippen LogP contribution in [-0.2, 0) is 11.8 Å². The number of nitrogens with zero attached hydrogens (tertiary/aromatic N) is 3. The summed E-state index contributed by atoms with van der Waals surface area (Å²) in [6, 6.07) is 17.3. The van der Waals surface area contributed by atoms with Gasteiger partial charge in [-0.05, 0) is 54.7 Å². The van der Waals surface area contributed by atoms with Gasteiger partial charge in [0.2, 0.25) is 0 Å². The van der Waals surface area contributed by atoms with E-state index in [1.54, 1.807) is 18.2 Å². The largest absolute Gasteiger partial charge is 0.482 e. The van der Waals surface area contributed by atoms with Gasteiger partial charge in [0, 0.05) is 17.2 Å². The molecule has 0 aliphatic carbocycles. The number of H-pyrrole nitrogens is 1. The second kappa shape index (κ2) is 15.0. The number of carboxylic acid groups (broad SMARTS) is 1. The molecule has 0 bridgehead atoms. The van der Waals surface area contributed by atoms with Crippen molar-refractivity contribution in [3.8, 4) is 5.75 Å². The van der Waals surface area contributed by atoms with Gasteiger partial charge < -0.3 is 9.84 Å². The Kier molecular flexibility index (Phi) is 11.2. The second-order valence-electron chi connectivity index (χ2n) is 12.6. The summed E-state index contributed by atoms with van der Waals surface area (Å²) < 4.78 is 8.56. The number of hydrogen-bond acceptors (Lipinski definition) is 4. The molecule has 4 aromatic rings. The molecular weight excluding hydrogens is 524 g/mol. The highest BCUT2D eigenvalue weighted by Gasteiger charge is 2.24. The molecule has 2 N–H and O–H groups in total. The van der Waals surface area contributed by atoms with Crippen molar-refractivity contribution in [2.75, 3.05) is 0 Å². The number of rotatable bonds is 17. The Balaban J connectivity index is 1.40. The maximum Gasteiger partial charge on any atom is 0.335 e. The summed E-state index contributed by atoms with van der Waals surface area (Å²) in [5.74, 6) is 0.675. The second-order valence-corrected chi connectivity index (χ2v) is 12.6. The van der Waals surface area contributed by atoms with Gasteiger partial charge in [-0.1, -0.05) is 110 Å². The van der Waals surface area contributed by atoms with Gasteiger partial charge in [-0.25, -0.2) is 9.31 Å². The van der Waals surface area contributed by atoms with Crippen LogP contribution in [-0.4, -0.2) is 30.9 Å². The monoisotopic (exact) mass is 572 g/mol. The lowest BCUT2D eigenvalue weighted by Gasteiger charge is -2.19. The van der Waals surface area contributed by atoms with Crippen LogP contribution >= 0.6 is 0 Å². The van der Waals surface area contributed by atoms with Crippen LogP contribution in [0.1, 0.15) is 137 Å². The molecular formula is C35H48N4O3. The zero-order chi connectivity index (χ0) is 30.0. The number of benzene rings is 2. The minimum absolute atomic E-state index is 0.0231. The Labute approximate surface area is 250 Å². The predicted molar refractivity (Wildman–Crippen MR) is 169 cm³/mol. The van der Waals surface area contributed by atoms with Crippen LogP contribution in [0, 0.1) is 0 Å². The van der Waals surface area contributed by atoms with Crippen LogP contribution in [0.15, 0.2) is 54.6 Å². The minimum atomic E-state index is -0.909. The van der Waals surface area contributed by atoms with E-state index >= 15 is 0 Å². The number of aromatic amines is 1. The van der Waals surface area contributed by atoms with Crippen LogP contribution in [0.3, 0.4) is 0 Å². The molecule has 4 rings (SSSR count). The summed E-state index contributed by atoms with van der Waals surface area (Å²) in [6.45, 7) is 8.81. The number of aromatic carboxylic acids is 1. The van der Waals surface area contributed by atoms with Crippen molar-refractivity contribution in [1.29, 1.82) is 0 Å². The van der Waals surface area contributed by atoms with Crippen molar-refractivity contribution in [1.82, 2.24) is 19.8 Å². The average Bonchev–Trinajstić information content (AvgIpc) is 3.56. The first-order valence-electron chi connectivity index (χ1n) is 15.8. The fraction of sp³-hybridized carbons (Fsp3) is 0.514. The number of hydrogen-bond donors (Lipinski definition) is 2. The number of carbonyl (C=O) groups is 1. The van der Waals surface area contributed by atoms with Crippen molar-refractivity contribution < 1.29 is 14.6 Å². The van der Waals surface area contributed by atoms with E-state index < -0.39 is 5.97 Å². The van der Waals surface area contributed by atoms with E-state index in [4.69, 9.17) is 4.74 Å². The Morgan fingerprint density at radius 3 is 2.19 bits per heavy atom. The third kappa shape index (κ3) is 8.94. The average molecular weight is 573 g/mol. The van der Waals surface area contributed by atoms with E-state index in [1.807, 2.05) is 34.8 Å². The van der Waals surface area contributed by atoms with Gasteiger partial charge in [0.25, 0.3) is 0 Å². The quantitative estimate of drug-likeness (QED) is 0.123. The molecule has 0 saturated carbocycles. The topological polar surface area (TPSA) is 92.5 Å². The zero-order valence-corrected chi connectivity index (χ0v) is 25.9. The SMILES string of the molecule is CCCCCCCCCCCCC(Oc1ccc(Cc2cccc(C(=O)O)c2)cc1)c1nnc2cc(C(C)(C)C)[nH]n12. The maximum atomic E-state index is 11.3. The lowest BCUT2D eigenvalue weighted by molar-refractivity contribution is 0.0696. The molecule has 42 heavy (non-hydrogen) atoms. The molecule has 2 aromatic carbocycles. The van der Waals surface area contributed by atoms with E-state index in [1.165, 1.54) is 57.8 Å². The standard InChI is InChI=1S/C35H48N4O3/c1-5-6-7-8-9-10-11-12-13-14-18-30(33-37-36-32-25-31(35(2,3)4)38-39(32)33)42-29-21-19-26(20-22-29)23-27-16-15-17-28(24-27)34(40)41/h15-17,19-22,24-25,30,38H,5-14,18,23H2,1-4H3,(H,40,41). The molecule has 1 unspecified atom stereocenters. The number of ether oxygens (including phenoxy) is 1. The Bertz CT molecular complexity index is 1400. The van der Waals surface area contributed by atoms with E-state index in [0.29, 0.717) is 12.0 Å². The molecule has 0 aliphatic heterocycles. The highest BCUT2D eigenvalue weighted by molar-refractivity contribution is 5.87. The molecule has 1 atom stereocenters. The van der Waals surface area contributed by atoms with Crippen LogP contribution < -0.4 is 4.74 Å². The summed E-state index contributed by atoms with van der Waals surface area (Å²) in [5, 5.41) is 21.8. The Hall–Kier alpha value is -3.61. The van der Waals surface area contributed by atoms with E-state index in [-0.39, 0.29) is 11.5 Å². The van der Waals surface area contributed by atoms with Gasteiger partial charge in [-0.2, -0.15) is 0 Å². The number of unbranched alkanes of at least 4 members (excludes halogenated alkanes) is 9. The number of fused-ring (bicyclic) bond motifs is 1. The number of carboxylic acids is 1. The van der Waals surface area contributed by atoms with Gasteiger partial charge >= 0.3 is 5.97 Å². The van der Waals surface area contributed by atoms with Crippen molar-refractivity contribution in [2.24, 2.45) is 0 Å². The highest BCUT2D eigenvalue weighted by Crippen LogP contribution is 2.29. The molecule has 2 heterocycles. The first-order valence-corrected chi connectivity index (χ1v) is 15.8. The van der Waals surface area contributed by atoms with Gasteiger partial charge in [0.15, 0.2) is 17.6 Å². The van der Waals surface area contributed by atoms with Gasteiger partial charge in [0.1, 0.15) is 5.75 Å². The van der Waals surface area contributed by atoms with Gasteiger partial charge in [-0.15, -0.1) is 10.2 Å². The summed E-state index contributed by atoms with van der Waals surface area (Å²) in [5.41, 5.74) is 4.27. The molecule has 0 fully saturated rings. The lowest BCUT2D eigenvalue weighted by Crippen LogP contribution is -2.15. The molecule has 0 aliphatic rings. The van der Waals surface area contributed by atoms with Crippen molar-refractivity contribution in [3.05, 3.63) is 82.8 Å². The molecule has 2 aromatic heterocycles. The summed E-state index contributed by atoms with van der Waals surface area (Å²) in [7, 11) is 0. The number of nitrogens with one attached hydrogen (secondary N) is 1. The molecule has 0 spiro atoms. The Morgan fingerprint density at radius 1 is 0.881 bits per heavy atom. The molecule has 7 heteroatoms. The minimum Gasteiger partial charge on any atom is -0.482 e. The summed E-state index contributed by atoms with van der Waals surface area (Å²) >= 11 is 0. The molecule has 0 saturated heterocycles. The summed E-state index contributed by atoms with van der Waals surface area (Å²) in [6.07, 6.45) is 14.2. The van der Waals surface area contributed by atoms with E-state index in [9.17, 15) is 9.90 Å². The van der Waals surface area contributed by atoms with Crippen molar-refractivity contribution >= 4 is 11.6 Å². The summed E-state index contributed by atoms with van der Waals surface area (Å²) in [4.78, 5) is 11.3. The fourth-order valence-electron chi connectivity index (χ4n) is 5.35. The highest BCUT2D eigenvalue weighted by atomic mass is 16.5. The first kappa shape index (κ1) is 31.3. The lowest BCUT2D eigenvalue weighted by atomic mass is 9.93. The number of aromatic nitrogens is 4. The van der Waals surface area contributed by atoms with Crippen LogP contribution in [0.25, 0.3) is 5.65 Å². The van der Waals surface area contributed by atoms with Crippen LogP contribution in [0.4, 0.5) is 0 Å². The normalized spacial score (nSPS) is 12.6. The first-order chi connectivity index (χ1) is 20.2. The third-order valence-corrected chi connectivity index (χ3v) is 7.92. The molecule has 226 valence electrons. The molecule has 0 amide bonds. The van der Waals surface area contributed by atoms with Crippen molar-refractivity contribution in [3.63, 3.8) is 0 Å². The van der Waals surface area contributed by atoms with Gasteiger partial charge in [0.05, 0.1) is 5.56 Å². The van der Waals surface area contributed by atoms with Crippen molar-refractivity contribution in [2.45, 2.75) is 116 Å². The Morgan fingerprint density at radius 2 is 1.55 bits per heavy atom. The third-order valence-electron chi connectivity index (χ3n) is 7.92. The van der Waals surface area contributed by atoms with Gasteiger partial charge in [-0.3, -0.25) is 5.10 Å².